The smallest absolute Gasteiger partial charge is 0.0899 e. The summed E-state index contributed by atoms with van der Waals surface area (Å²) in [4.78, 5) is 3.07. The number of rotatable bonds is 2. The van der Waals surface area contributed by atoms with E-state index >= 15 is 0 Å². The molecule has 2 N–H and O–H groups in total. The summed E-state index contributed by atoms with van der Waals surface area (Å²) in [5.74, 6) is 1.51. The number of likely N-dealkylation sites (tertiary alicyclic amines) is 1. The van der Waals surface area contributed by atoms with Crippen LogP contribution in [0.5, 0.6) is 0 Å². The Bertz CT molecular complexity index is 217. The van der Waals surface area contributed by atoms with Gasteiger partial charge in [0.25, 0.3) is 0 Å². The number of piperidine rings is 1. The molecule has 0 aliphatic carbocycles. The second-order valence-electron chi connectivity index (χ2n) is 4.83. The fraction of sp³-hybridized carbons (Fsp3) is 0.909. The van der Waals surface area contributed by atoms with Crippen LogP contribution < -0.4 is 5.73 Å². The normalized spacial score (nSPS) is 36.7. The van der Waals surface area contributed by atoms with Crippen molar-refractivity contribution >= 4 is 17.2 Å². The summed E-state index contributed by atoms with van der Waals surface area (Å²) in [6, 6.07) is 0.841. The zero-order valence-corrected chi connectivity index (χ0v) is 10.5. The summed E-state index contributed by atoms with van der Waals surface area (Å²) in [6.07, 6.45) is 1.32. The third-order valence-corrected chi connectivity index (χ3v) is 3.89. The van der Waals surface area contributed by atoms with Gasteiger partial charge in [-0.1, -0.05) is 26.1 Å². The first-order chi connectivity index (χ1) is 6.43. The average Bonchev–Trinajstić information content (AvgIpc) is 2.09. The summed E-state index contributed by atoms with van der Waals surface area (Å²) in [6.45, 7) is 10.2. The minimum Gasteiger partial charge on any atom is -0.392 e. The second kappa shape index (κ2) is 4.58. The van der Waals surface area contributed by atoms with Crippen molar-refractivity contribution in [3.05, 3.63) is 0 Å². The zero-order valence-electron chi connectivity index (χ0n) is 9.66. The molecule has 4 atom stereocenters. The molecule has 0 saturated carbocycles. The number of nitrogens with two attached hydrogens (primary N) is 1. The summed E-state index contributed by atoms with van der Waals surface area (Å²) in [5, 5.41) is 0. The largest absolute Gasteiger partial charge is 0.392 e. The van der Waals surface area contributed by atoms with Crippen molar-refractivity contribution in [3.8, 4) is 0 Å². The zero-order chi connectivity index (χ0) is 10.9. The van der Waals surface area contributed by atoms with Crippen LogP contribution in [0, 0.1) is 11.8 Å². The summed E-state index contributed by atoms with van der Waals surface area (Å²) in [5.41, 5.74) is 5.71. The van der Waals surface area contributed by atoms with Crippen molar-refractivity contribution in [2.75, 3.05) is 6.54 Å². The van der Waals surface area contributed by atoms with Gasteiger partial charge < -0.3 is 5.73 Å². The lowest BCUT2D eigenvalue weighted by molar-refractivity contribution is 0.0684. The Morgan fingerprint density at radius 3 is 2.50 bits per heavy atom. The molecule has 4 unspecified atom stereocenters. The molecule has 0 aromatic rings. The van der Waals surface area contributed by atoms with Gasteiger partial charge in [-0.05, 0) is 32.1 Å². The molecule has 1 aliphatic rings. The van der Waals surface area contributed by atoms with Crippen LogP contribution in [-0.4, -0.2) is 28.5 Å². The molecule has 1 saturated heterocycles. The molecule has 0 aromatic heterocycles. The van der Waals surface area contributed by atoms with Crippen LogP contribution in [0.15, 0.2) is 0 Å². The third-order valence-electron chi connectivity index (χ3n) is 3.55. The Hall–Kier alpha value is -0.150. The van der Waals surface area contributed by atoms with Crippen molar-refractivity contribution < 1.29 is 0 Å². The molecular formula is C11H22N2S. The van der Waals surface area contributed by atoms with Crippen molar-refractivity contribution in [2.24, 2.45) is 17.6 Å². The lowest BCUT2D eigenvalue weighted by Gasteiger charge is -2.44. The number of nitrogens with zero attached hydrogens (tertiary/aromatic N) is 1. The van der Waals surface area contributed by atoms with Gasteiger partial charge in [0.15, 0.2) is 0 Å². The molecule has 0 aromatic carbocycles. The molecule has 3 heteroatoms. The van der Waals surface area contributed by atoms with Crippen LogP contribution in [0.3, 0.4) is 0 Å². The minimum absolute atomic E-state index is 0.241. The number of hydrogen-bond acceptors (Lipinski definition) is 2. The highest BCUT2D eigenvalue weighted by Crippen LogP contribution is 2.28. The van der Waals surface area contributed by atoms with Crippen molar-refractivity contribution in [1.82, 2.24) is 4.90 Å². The minimum atomic E-state index is 0.241. The van der Waals surface area contributed by atoms with Crippen LogP contribution in [0.1, 0.15) is 34.1 Å². The molecule has 1 heterocycles. The van der Waals surface area contributed by atoms with E-state index in [4.69, 9.17) is 18.0 Å². The van der Waals surface area contributed by atoms with Crippen molar-refractivity contribution in [1.29, 1.82) is 0 Å². The summed E-state index contributed by atoms with van der Waals surface area (Å²) < 4.78 is 0. The maximum absolute atomic E-state index is 5.71. The van der Waals surface area contributed by atoms with Crippen LogP contribution in [0.4, 0.5) is 0 Å². The van der Waals surface area contributed by atoms with E-state index in [2.05, 4.69) is 32.6 Å². The first kappa shape index (κ1) is 11.9. The van der Waals surface area contributed by atoms with Gasteiger partial charge in [-0.2, -0.15) is 0 Å². The Morgan fingerprint density at radius 2 is 2.00 bits per heavy atom. The predicted molar refractivity (Wildman–Crippen MR) is 65.4 cm³/mol. The fourth-order valence-corrected chi connectivity index (χ4v) is 2.57. The van der Waals surface area contributed by atoms with Gasteiger partial charge in [-0.15, -0.1) is 0 Å². The van der Waals surface area contributed by atoms with E-state index in [0.29, 0.717) is 11.0 Å². The molecular weight excluding hydrogens is 192 g/mol. The molecule has 2 nitrogen and oxygen atoms in total. The average molecular weight is 214 g/mol. The summed E-state index contributed by atoms with van der Waals surface area (Å²) in [7, 11) is 0. The monoisotopic (exact) mass is 214 g/mol. The molecule has 0 bridgehead atoms. The molecule has 1 aliphatic heterocycles. The van der Waals surface area contributed by atoms with Gasteiger partial charge in [0, 0.05) is 12.6 Å². The van der Waals surface area contributed by atoms with Gasteiger partial charge in [0.05, 0.1) is 11.0 Å². The molecule has 1 fully saturated rings. The topological polar surface area (TPSA) is 29.3 Å². The Balaban J connectivity index is 2.70. The Kier molecular flexibility index (Phi) is 3.90. The molecule has 0 radical (unpaired) electrons. The molecule has 1 rings (SSSR count). The lowest BCUT2D eigenvalue weighted by Crippen LogP contribution is -2.53. The van der Waals surface area contributed by atoms with Crippen LogP contribution >= 0.6 is 12.2 Å². The number of thiocarbonyl (C=S) groups is 1. The van der Waals surface area contributed by atoms with Gasteiger partial charge >= 0.3 is 0 Å². The van der Waals surface area contributed by atoms with E-state index in [9.17, 15) is 0 Å². The number of hydrogen-bond donors (Lipinski definition) is 1. The Labute approximate surface area is 92.8 Å². The van der Waals surface area contributed by atoms with E-state index in [1.54, 1.807) is 0 Å². The van der Waals surface area contributed by atoms with E-state index in [1.807, 2.05) is 0 Å². The Morgan fingerprint density at radius 1 is 1.43 bits per heavy atom. The van der Waals surface area contributed by atoms with E-state index in [0.717, 1.165) is 18.4 Å². The first-order valence-electron chi connectivity index (χ1n) is 5.48. The van der Waals surface area contributed by atoms with E-state index in [1.165, 1.54) is 6.42 Å². The van der Waals surface area contributed by atoms with Crippen molar-refractivity contribution in [2.45, 2.75) is 46.2 Å². The van der Waals surface area contributed by atoms with Gasteiger partial charge in [-0.3, -0.25) is 4.90 Å². The molecule has 14 heavy (non-hydrogen) atoms. The molecule has 82 valence electrons. The highest BCUT2D eigenvalue weighted by Gasteiger charge is 2.32. The quantitative estimate of drug-likeness (QED) is 0.713. The van der Waals surface area contributed by atoms with E-state index in [-0.39, 0.29) is 6.04 Å². The van der Waals surface area contributed by atoms with Gasteiger partial charge in [0.1, 0.15) is 0 Å². The van der Waals surface area contributed by atoms with E-state index < -0.39 is 0 Å². The van der Waals surface area contributed by atoms with Gasteiger partial charge in [0.2, 0.25) is 0 Å². The summed E-state index contributed by atoms with van der Waals surface area (Å²) >= 11 is 5.07. The highest BCUT2D eigenvalue weighted by atomic mass is 32.1. The third kappa shape index (κ3) is 2.45. The van der Waals surface area contributed by atoms with Gasteiger partial charge in [-0.25, -0.2) is 0 Å². The maximum atomic E-state index is 5.71. The van der Waals surface area contributed by atoms with Crippen molar-refractivity contribution in [3.63, 3.8) is 0 Å². The lowest BCUT2D eigenvalue weighted by atomic mass is 9.85. The maximum Gasteiger partial charge on any atom is 0.0899 e. The molecule has 0 amide bonds. The highest BCUT2D eigenvalue weighted by molar-refractivity contribution is 7.80. The second-order valence-corrected chi connectivity index (χ2v) is 5.31. The van der Waals surface area contributed by atoms with Crippen LogP contribution in [0.2, 0.25) is 0 Å². The van der Waals surface area contributed by atoms with Crippen LogP contribution in [0.25, 0.3) is 0 Å². The first-order valence-corrected chi connectivity index (χ1v) is 5.89. The fourth-order valence-electron chi connectivity index (χ4n) is 2.43. The standard InChI is InChI=1S/C11H22N2S/c1-7-5-8(2)9(3)13(6-7)10(4)11(12)14/h7-10H,5-6H2,1-4H3,(H2,12,14). The molecule has 0 spiro atoms. The predicted octanol–water partition coefficient (Wildman–Crippen LogP) is 2.03. The van der Waals surface area contributed by atoms with Crippen LogP contribution in [-0.2, 0) is 0 Å². The SMILES string of the molecule is CC1CC(C)C(C)N(C(C)C(N)=S)C1.